The van der Waals surface area contributed by atoms with Gasteiger partial charge in [0.05, 0.1) is 12.5 Å². The first-order chi connectivity index (χ1) is 11.0. The third kappa shape index (κ3) is 5.75. The van der Waals surface area contributed by atoms with Gasteiger partial charge >= 0.3 is 12.1 Å². The lowest BCUT2D eigenvalue weighted by Gasteiger charge is -2.17. The zero-order valence-corrected chi connectivity index (χ0v) is 13.8. The average molecular weight is 378 g/mol. The average Bonchev–Trinajstić information content (AvgIpc) is 2.53. The quantitative estimate of drug-likeness (QED) is 0.800. The number of ether oxygens (including phenoxy) is 1. The Morgan fingerprint density at radius 1 is 1.13 bits per heavy atom. The number of carbonyl (C=O) groups is 2. The van der Waals surface area contributed by atoms with Crippen LogP contribution in [0.2, 0.25) is 0 Å². The Morgan fingerprint density at radius 3 is 2.52 bits per heavy atom. The largest absolute Gasteiger partial charge is 0.481 e. The summed E-state index contributed by atoms with van der Waals surface area (Å²) in [6, 6.07) is 15.7. The molecule has 0 aliphatic heterocycles. The number of carboxylic acids is 1. The molecule has 0 heterocycles. The van der Waals surface area contributed by atoms with Gasteiger partial charge in [0, 0.05) is 4.47 Å². The van der Waals surface area contributed by atoms with Crippen molar-refractivity contribution in [2.45, 2.75) is 19.1 Å². The third-order valence-electron chi connectivity index (χ3n) is 3.13. The third-order valence-corrected chi connectivity index (χ3v) is 3.63. The van der Waals surface area contributed by atoms with Crippen molar-refractivity contribution in [1.29, 1.82) is 0 Å². The molecule has 0 fully saturated rings. The summed E-state index contributed by atoms with van der Waals surface area (Å²) in [5.41, 5.74) is 1.55. The number of rotatable bonds is 6. The number of halogens is 1. The fourth-order valence-corrected chi connectivity index (χ4v) is 2.47. The second kappa shape index (κ2) is 8.33. The van der Waals surface area contributed by atoms with Gasteiger partial charge in [-0.1, -0.05) is 58.4 Å². The maximum absolute atomic E-state index is 11.9. The number of aliphatic carboxylic acids is 1. The summed E-state index contributed by atoms with van der Waals surface area (Å²) in [7, 11) is 0. The lowest BCUT2D eigenvalue weighted by atomic mass is 10.0. The molecular weight excluding hydrogens is 362 g/mol. The van der Waals surface area contributed by atoms with Gasteiger partial charge in [-0.2, -0.15) is 0 Å². The molecule has 0 bridgehead atoms. The molecule has 2 N–H and O–H groups in total. The van der Waals surface area contributed by atoms with Crippen molar-refractivity contribution in [2.24, 2.45) is 0 Å². The Bertz CT molecular complexity index is 675. The normalized spacial score (nSPS) is 11.5. The molecule has 6 heteroatoms. The van der Waals surface area contributed by atoms with Crippen LogP contribution in [0.15, 0.2) is 59.1 Å². The topological polar surface area (TPSA) is 75.6 Å². The molecule has 0 aromatic heterocycles. The monoisotopic (exact) mass is 377 g/mol. The van der Waals surface area contributed by atoms with E-state index < -0.39 is 18.1 Å². The summed E-state index contributed by atoms with van der Waals surface area (Å²) < 4.78 is 5.95. The van der Waals surface area contributed by atoms with Gasteiger partial charge in [-0.25, -0.2) is 4.79 Å². The minimum absolute atomic E-state index is 0.130. The molecule has 2 aromatic carbocycles. The van der Waals surface area contributed by atoms with Crippen LogP contribution < -0.4 is 5.32 Å². The zero-order valence-electron chi connectivity index (χ0n) is 12.2. The summed E-state index contributed by atoms with van der Waals surface area (Å²) in [5.74, 6) is -1.00. The Labute approximate surface area is 142 Å². The number of hydrogen-bond acceptors (Lipinski definition) is 3. The first kappa shape index (κ1) is 17.0. The molecule has 0 saturated heterocycles. The van der Waals surface area contributed by atoms with E-state index in [1.807, 2.05) is 36.4 Å². The van der Waals surface area contributed by atoms with Crippen molar-refractivity contribution in [1.82, 2.24) is 5.32 Å². The van der Waals surface area contributed by atoms with Crippen molar-refractivity contribution in [3.8, 4) is 0 Å². The number of hydrogen-bond donors (Lipinski definition) is 2. The number of carbonyl (C=O) groups excluding carboxylic acids is 1. The number of amides is 1. The van der Waals surface area contributed by atoms with Crippen molar-refractivity contribution >= 4 is 28.0 Å². The molecule has 1 atom stereocenters. The highest BCUT2D eigenvalue weighted by Gasteiger charge is 2.19. The first-order valence-electron chi connectivity index (χ1n) is 6.99. The second-order valence-electron chi connectivity index (χ2n) is 4.91. The second-order valence-corrected chi connectivity index (χ2v) is 5.83. The predicted octanol–water partition coefficient (Wildman–Crippen LogP) is 3.89. The Kier molecular flexibility index (Phi) is 6.17. The van der Waals surface area contributed by atoms with E-state index in [0.717, 1.165) is 10.0 Å². The molecule has 0 radical (unpaired) electrons. The van der Waals surface area contributed by atoms with Gasteiger partial charge in [0.1, 0.15) is 6.61 Å². The Morgan fingerprint density at radius 2 is 1.87 bits per heavy atom. The molecule has 0 aliphatic rings. The van der Waals surface area contributed by atoms with Crippen LogP contribution in [0.1, 0.15) is 23.6 Å². The van der Waals surface area contributed by atoms with Gasteiger partial charge in [-0.3, -0.25) is 4.79 Å². The molecule has 0 unspecified atom stereocenters. The maximum atomic E-state index is 11.9. The summed E-state index contributed by atoms with van der Waals surface area (Å²) in [5, 5.41) is 11.6. The van der Waals surface area contributed by atoms with E-state index in [4.69, 9.17) is 9.84 Å². The highest BCUT2D eigenvalue weighted by molar-refractivity contribution is 9.10. The van der Waals surface area contributed by atoms with E-state index >= 15 is 0 Å². The molecule has 120 valence electrons. The zero-order chi connectivity index (χ0) is 16.7. The van der Waals surface area contributed by atoms with Gasteiger partial charge in [-0.05, 0) is 23.3 Å². The molecule has 0 aliphatic carbocycles. The lowest BCUT2D eigenvalue weighted by molar-refractivity contribution is -0.137. The molecular formula is C17H16BrNO4. The summed E-state index contributed by atoms with van der Waals surface area (Å²) >= 11 is 3.33. The molecule has 5 nitrogen and oxygen atoms in total. The highest BCUT2D eigenvalue weighted by atomic mass is 79.9. The van der Waals surface area contributed by atoms with Crippen molar-refractivity contribution in [3.05, 3.63) is 70.2 Å². The van der Waals surface area contributed by atoms with Crippen molar-refractivity contribution < 1.29 is 19.4 Å². The van der Waals surface area contributed by atoms with E-state index in [0.29, 0.717) is 5.56 Å². The van der Waals surface area contributed by atoms with E-state index in [1.54, 1.807) is 18.2 Å². The van der Waals surface area contributed by atoms with Gasteiger partial charge in [0.25, 0.3) is 0 Å². The Balaban J connectivity index is 1.99. The number of nitrogens with one attached hydrogen (secondary N) is 1. The van der Waals surface area contributed by atoms with Crippen molar-refractivity contribution in [3.63, 3.8) is 0 Å². The number of alkyl carbamates (subject to hydrolysis) is 1. The molecule has 0 spiro atoms. The number of carboxylic acid groups (broad SMARTS) is 1. The molecule has 0 saturated carbocycles. The SMILES string of the molecule is O=C(O)C[C@H](NC(=O)OCc1ccccc1)c1cccc(Br)c1. The van der Waals surface area contributed by atoms with Crippen molar-refractivity contribution in [2.75, 3.05) is 0 Å². The maximum Gasteiger partial charge on any atom is 0.407 e. The first-order valence-corrected chi connectivity index (χ1v) is 7.78. The fourth-order valence-electron chi connectivity index (χ4n) is 2.06. The van der Waals surface area contributed by atoms with Crippen LogP contribution in [-0.2, 0) is 16.1 Å². The van der Waals surface area contributed by atoms with Crippen LogP contribution in [0.4, 0.5) is 4.79 Å². The van der Waals surface area contributed by atoms with Crippen LogP contribution in [0, 0.1) is 0 Å². The minimum Gasteiger partial charge on any atom is -0.481 e. The predicted molar refractivity (Wildman–Crippen MR) is 88.9 cm³/mol. The smallest absolute Gasteiger partial charge is 0.407 e. The van der Waals surface area contributed by atoms with Gasteiger partial charge in [0.2, 0.25) is 0 Å². The van der Waals surface area contributed by atoms with Crippen LogP contribution in [0.3, 0.4) is 0 Å². The van der Waals surface area contributed by atoms with Crippen LogP contribution in [0.25, 0.3) is 0 Å². The van der Waals surface area contributed by atoms with Gasteiger partial charge < -0.3 is 15.2 Å². The summed E-state index contributed by atoms with van der Waals surface area (Å²) in [6.45, 7) is 0.130. The molecule has 2 aromatic rings. The van der Waals surface area contributed by atoms with Crippen LogP contribution >= 0.6 is 15.9 Å². The summed E-state index contributed by atoms with van der Waals surface area (Å²) in [4.78, 5) is 23.0. The number of benzene rings is 2. The molecule has 23 heavy (non-hydrogen) atoms. The minimum atomic E-state index is -1.00. The van der Waals surface area contributed by atoms with E-state index in [-0.39, 0.29) is 13.0 Å². The van der Waals surface area contributed by atoms with Crippen LogP contribution in [-0.4, -0.2) is 17.2 Å². The van der Waals surface area contributed by atoms with Gasteiger partial charge in [-0.15, -0.1) is 0 Å². The van der Waals surface area contributed by atoms with E-state index in [1.165, 1.54) is 0 Å². The Hall–Kier alpha value is -2.34. The van der Waals surface area contributed by atoms with E-state index in [9.17, 15) is 9.59 Å². The van der Waals surface area contributed by atoms with Gasteiger partial charge in [0.15, 0.2) is 0 Å². The van der Waals surface area contributed by atoms with E-state index in [2.05, 4.69) is 21.2 Å². The standard InChI is InChI=1S/C17H16BrNO4/c18-14-8-4-7-13(9-14)15(10-16(20)21)19-17(22)23-11-12-5-2-1-3-6-12/h1-9,15H,10-11H2,(H,19,22)(H,20,21)/t15-/m0/s1. The fraction of sp³-hybridized carbons (Fsp3) is 0.176. The molecule has 2 rings (SSSR count). The molecule has 1 amide bonds. The highest BCUT2D eigenvalue weighted by Crippen LogP contribution is 2.21. The lowest BCUT2D eigenvalue weighted by Crippen LogP contribution is -2.30. The van der Waals surface area contributed by atoms with Crippen LogP contribution in [0.5, 0.6) is 0 Å². The summed E-state index contributed by atoms with van der Waals surface area (Å²) in [6.07, 6.45) is -0.878.